The van der Waals surface area contributed by atoms with E-state index in [4.69, 9.17) is 9.26 Å². The van der Waals surface area contributed by atoms with Crippen LogP contribution in [0.3, 0.4) is 0 Å². The van der Waals surface area contributed by atoms with Gasteiger partial charge in [-0.2, -0.15) is 0 Å². The Morgan fingerprint density at radius 2 is 1.95 bits per heavy atom. The third-order valence-electron chi connectivity index (χ3n) is 6.66. The van der Waals surface area contributed by atoms with Crippen molar-refractivity contribution in [3.05, 3.63) is 35.2 Å². The number of anilines is 2. The fraction of sp³-hybridized carbons (Fsp3) is 0.556. The number of hydrogen-bond donors (Lipinski definition) is 4. The second-order valence-corrected chi connectivity index (χ2v) is 10.5. The first-order valence-electron chi connectivity index (χ1n) is 13.1. The number of likely N-dealkylation sites (N-methyl/N-ethyl adjacent to an activating group) is 1. The first-order chi connectivity index (χ1) is 18.4. The van der Waals surface area contributed by atoms with Crippen molar-refractivity contribution < 1.29 is 28.8 Å². The van der Waals surface area contributed by atoms with Crippen LogP contribution in [0, 0.1) is 19.8 Å². The summed E-state index contributed by atoms with van der Waals surface area (Å²) in [6.07, 6.45) is -0.420. The van der Waals surface area contributed by atoms with Crippen molar-refractivity contribution >= 4 is 29.3 Å². The van der Waals surface area contributed by atoms with E-state index >= 15 is 0 Å². The molecule has 1 aliphatic rings. The summed E-state index contributed by atoms with van der Waals surface area (Å²) in [5.41, 5.74) is 2.10. The molecule has 12 heteroatoms. The molecular formula is C27H40N6O6. The Balaban J connectivity index is 1.88. The zero-order valence-corrected chi connectivity index (χ0v) is 23.7. The average molecular weight is 545 g/mol. The summed E-state index contributed by atoms with van der Waals surface area (Å²) in [6.45, 7) is 11.4. The molecule has 0 bridgehead atoms. The molecule has 1 aromatic heterocycles. The number of urea groups is 2. The van der Waals surface area contributed by atoms with Crippen LogP contribution in [0.4, 0.5) is 21.0 Å². The number of ether oxygens (including phenoxy) is 1. The molecule has 2 heterocycles. The number of aromatic nitrogens is 1. The number of aryl methyl sites for hydroxylation is 2. The number of benzene rings is 1. The fourth-order valence-corrected chi connectivity index (χ4v) is 4.37. The van der Waals surface area contributed by atoms with E-state index in [0.717, 1.165) is 0 Å². The molecule has 39 heavy (non-hydrogen) atoms. The normalized spacial score (nSPS) is 18.3. The average Bonchev–Trinajstić information content (AvgIpc) is 3.20. The lowest BCUT2D eigenvalue weighted by Crippen LogP contribution is -2.49. The minimum Gasteiger partial charge on any atom is -0.488 e. The minimum absolute atomic E-state index is 0.0150. The van der Waals surface area contributed by atoms with E-state index in [9.17, 15) is 19.5 Å². The molecule has 214 valence electrons. The van der Waals surface area contributed by atoms with Crippen LogP contribution in [0.5, 0.6) is 5.75 Å². The Bertz CT molecular complexity index is 1160. The summed E-state index contributed by atoms with van der Waals surface area (Å²) < 4.78 is 11.5. The first-order valence-corrected chi connectivity index (χ1v) is 13.1. The van der Waals surface area contributed by atoms with Gasteiger partial charge in [-0.3, -0.25) is 4.79 Å². The van der Waals surface area contributed by atoms with Gasteiger partial charge in [0.2, 0.25) is 5.91 Å². The van der Waals surface area contributed by atoms with Crippen molar-refractivity contribution in [2.45, 2.75) is 66.2 Å². The maximum atomic E-state index is 13.4. The zero-order valence-electron chi connectivity index (χ0n) is 23.7. The summed E-state index contributed by atoms with van der Waals surface area (Å²) in [5, 5.41) is 22.0. The van der Waals surface area contributed by atoms with E-state index in [2.05, 4.69) is 21.1 Å². The molecule has 0 saturated heterocycles. The van der Waals surface area contributed by atoms with Crippen LogP contribution in [-0.4, -0.2) is 83.0 Å². The van der Waals surface area contributed by atoms with Gasteiger partial charge in [-0.25, -0.2) is 9.59 Å². The smallest absolute Gasteiger partial charge is 0.323 e. The lowest BCUT2D eigenvalue weighted by molar-refractivity contribution is -0.134. The van der Waals surface area contributed by atoms with E-state index in [1.807, 2.05) is 20.8 Å². The number of hydrogen-bond acceptors (Lipinski definition) is 7. The molecule has 4 N–H and O–H groups in total. The summed E-state index contributed by atoms with van der Waals surface area (Å²) >= 11 is 0. The predicted molar refractivity (Wildman–Crippen MR) is 147 cm³/mol. The standard InChI is InChI=1S/C27H40N6O6/c1-15(2)28-27(37)32(7)13-23-16(3)12-33(17(4)14-34)24(35)11-20-10-21(8-9-22(20)38-23)29-26(36)30-25-18(5)31-39-19(25)6/h8-10,15-17,23,34H,11-14H2,1-7H3,(H,28,37)(H2,29,30,36)/t16-,17-,23-/m1/s1. The predicted octanol–water partition coefficient (Wildman–Crippen LogP) is 3.13. The van der Waals surface area contributed by atoms with Crippen LogP contribution >= 0.6 is 0 Å². The quantitative estimate of drug-likeness (QED) is 0.418. The summed E-state index contributed by atoms with van der Waals surface area (Å²) in [4.78, 5) is 41.8. The van der Waals surface area contributed by atoms with Crippen LogP contribution in [-0.2, 0) is 11.2 Å². The molecule has 1 aromatic carbocycles. The van der Waals surface area contributed by atoms with Gasteiger partial charge in [0.05, 0.1) is 25.6 Å². The van der Waals surface area contributed by atoms with Gasteiger partial charge >= 0.3 is 12.1 Å². The first kappa shape index (κ1) is 29.8. The van der Waals surface area contributed by atoms with Crippen LogP contribution in [0.2, 0.25) is 0 Å². The van der Waals surface area contributed by atoms with Gasteiger partial charge in [0.25, 0.3) is 0 Å². The van der Waals surface area contributed by atoms with Gasteiger partial charge in [-0.05, 0) is 52.8 Å². The maximum absolute atomic E-state index is 13.4. The van der Waals surface area contributed by atoms with Gasteiger partial charge in [0.15, 0.2) is 5.76 Å². The number of carbonyl (C=O) groups is 3. The summed E-state index contributed by atoms with van der Waals surface area (Å²) in [5.74, 6) is 0.661. The molecule has 5 amide bonds. The van der Waals surface area contributed by atoms with Gasteiger partial charge in [-0.1, -0.05) is 12.1 Å². The Hall–Kier alpha value is -3.80. The van der Waals surface area contributed by atoms with Crippen molar-refractivity contribution in [2.24, 2.45) is 5.92 Å². The molecule has 12 nitrogen and oxygen atoms in total. The van der Waals surface area contributed by atoms with E-state index in [0.29, 0.717) is 40.7 Å². The SMILES string of the molecule is Cc1noc(C)c1NC(=O)Nc1ccc2c(c1)CC(=O)N([C@H](C)CO)C[C@@H](C)[C@@H](CN(C)C(=O)NC(C)C)O2. The van der Waals surface area contributed by atoms with E-state index < -0.39 is 18.2 Å². The van der Waals surface area contributed by atoms with Crippen LogP contribution in [0.25, 0.3) is 0 Å². The number of rotatable bonds is 7. The molecular weight excluding hydrogens is 504 g/mol. The molecule has 0 fully saturated rings. The molecule has 3 atom stereocenters. The maximum Gasteiger partial charge on any atom is 0.323 e. The Morgan fingerprint density at radius 3 is 2.56 bits per heavy atom. The topological polar surface area (TPSA) is 149 Å². The number of aliphatic hydroxyl groups is 1. The molecule has 2 aromatic rings. The summed E-state index contributed by atoms with van der Waals surface area (Å²) in [7, 11) is 1.70. The van der Waals surface area contributed by atoms with Crippen molar-refractivity contribution in [2.75, 3.05) is 37.4 Å². The van der Waals surface area contributed by atoms with Gasteiger partial charge < -0.3 is 40.1 Å². The molecule has 0 saturated carbocycles. The number of fused-ring (bicyclic) bond motifs is 1. The third kappa shape index (κ3) is 7.62. The number of nitrogens with one attached hydrogen (secondary N) is 3. The van der Waals surface area contributed by atoms with Crippen LogP contribution in [0.15, 0.2) is 22.7 Å². The second kappa shape index (κ2) is 12.8. The van der Waals surface area contributed by atoms with Crippen LogP contribution in [0.1, 0.15) is 44.7 Å². The molecule has 0 aliphatic carbocycles. The van der Waals surface area contributed by atoms with Crippen molar-refractivity contribution in [3.63, 3.8) is 0 Å². The highest BCUT2D eigenvalue weighted by Gasteiger charge is 2.32. The van der Waals surface area contributed by atoms with Gasteiger partial charge in [0, 0.05) is 36.8 Å². The Morgan fingerprint density at radius 1 is 1.23 bits per heavy atom. The van der Waals surface area contributed by atoms with E-state index in [1.54, 1.807) is 55.8 Å². The lowest BCUT2D eigenvalue weighted by atomic mass is 10.0. The molecule has 3 rings (SSSR count). The summed E-state index contributed by atoms with van der Waals surface area (Å²) in [6, 6.07) is 3.99. The fourth-order valence-electron chi connectivity index (χ4n) is 4.37. The van der Waals surface area contributed by atoms with Crippen molar-refractivity contribution in [1.29, 1.82) is 0 Å². The Kier molecular flexibility index (Phi) is 9.79. The van der Waals surface area contributed by atoms with E-state index in [1.165, 1.54) is 0 Å². The number of aliphatic hydroxyl groups excluding tert-OH is 1. The Labute approximate surface area is 229 Å². The molecule has 1 aliphatic heterocycles. The minimum atomic E-state index is -0.487. The van der Waals surface area contributed by atoms with Gasteiger partial charge in [-0.15, -0.1) is 0 Å². The monoisotopic (exact) mass is 544 g/mol. The van der Waals surface area contributed by atoms with Crippen molar-refractivity contribution in [3.8, 4) is 5.75 Å². The van der Waals surface area contributed by atoms with Gasteiger partial charge in [0.1, 0.15) is 23.2 Å². The highest BCUT2D eigenvalue weighted by molar-refractivity contribution is 6.00. The number of carbonyl (C=O) groups excluding carboxylic acids is 3. The number of amides is 5. The molecule has 0 spiro atoms. The van der Waals surface area contributed by atoms with Crippen molar-refractivity contribution in [1.82, 2.24) is 20.3 Å². The molecule has 0 unspecified atom stereocenters. The molecule has 0 radical (unpaired) electrons. The lowest BCUT2D eigenvalue weighted by Gasteiger charge is -2.34. The second-order valence-electron chi connectivity index (χ2n) is 10.5. The van der Waals surface area contributed by atoms with E-state index in [-0.39, 0.29) is 43.5 Å². The highest BCUT2D eigenvalue weighted by Crippen LogP contribution is 2.29. The van der Waals surface area contributed by atoms with Crippen LogP contribution < -0.4 is 20.7 Å². The highest BCUT2D eigenvalue weighted by atomic mass is 16.5. The number of nitrogens with zero attached hydrogens (tertiary/aromatic N) is 3. The largest absolute Gasteiger partial charge is 0.488 e. The zero-order chi connectivity index (χ0) is 28.9. The third-order valence-corrected chi connectivity index (χ3v) is 6.66.